The highest BCUT2D eigenvalue weighted by Crippen LogP contribution is 2.27. The number of halogens is 1. The molecule has 0 saturated carbocycles. The predicted molar refractivity (Wildman–Crippen MR) is 114 cm³/mol. The minimum absolute atomic E-state index is 0.299. The van der Waals surface area contributed by atoms with Crippen LogP contribution in [0.15, 0.2) is 54.7 Å². The number of hydrogen-bond donors (Lipinski definition) is 1. The fourth-order valence-corrected chi connectivity index (χ4v) is 3.37. The van der Waals surface area contributed by atoms with Gasteiger partial charge in [-0.15, -0.1) is 0 Å². The van der Waals surface area contributed by atoms with Crippen LogP contribution in [0.2, 0.25) is 5.02 Å². The lowest BCUT2D eigenvalue weighted by Crippen LogP contribution is -2.25. The molecular weight excluding hydrogens is 372 g/mol. The van der Waals surface area contributed by atoms with Crippen molar-refractivity contribution in [1.82, 2.24) is 9.97 Å². The van der Waals surface area contributed by atoms with Crippen molar-refractivity contribution in [1.29, 1.82) is 0 Å². The Bertz CT molecular complexity index is 952. The highest BCUT2D eigenvalue weighted by molar-refractivity contribution is 6.34. The maximum Gasteiger partial charge on any atom is 0.274 e. The maximum atomic E-state index is 12.7. The molecule has 0 fully saturated rings. The van der Waals surface area contributed by atoms with E-state index in [9.17, 15) is 4.79 Å². The smallest absolute Gasteiger partial charge is 0.274 e. The first kappa shape index (κ1) is 19.8. The minimum atomic E-state index is -0.312. The molecule has 0 aliphatic heterocycles. The highest BCUT2D eigenvalue weighted by atomic mass is 35.5. The van der Waals surface area contributed by atoms with Crippen molar-refractivity contribution in [2.24, 2.45) is 0 Å². The third-order valence-corrected chi connectivity index (χ3v) is 4.72. The SMILES string of the molecule is CCN(Cc1ccccc1)c1nccc(C(=O)Nc2c(C)cc(C)cc2Cl)n1. The van der Waals surface area contributed by atoms with Crippen LogP contribution in [-0.2, 0) is 6.54 Å². The summed E-state index contributed by atoms with van der Waals surface area (Å²) in [5, 5.41) is 3.39. The average molecular weight is 395 g/mol. The highest BCUT2D eigenvalue weighted by Gasteiger charge is 2.15. The van der Waals surface area contributed by atoms with E-state index < -0.39 is 0 Å². The van der Waals surface area contributed by atoms with Crippen molar-refractivity contribution in [3.63, 3.8) is 0 Å². The average Bonchev–Trinajstić information content (AvgIpc) is 2.69. The summed E-state index contributed by atoms with van der Waals surface area (Å²) in [4.78, 5) is 23.6. The molecule has 0 aliphatic rings. The van der Waals surface area contributed by atoms with E-state index in [0.717, 1.165) is 23.2 Å². The molecule has 0 aliphatic carbocycles. The van der Waals surface area contributed by atoms with Crippen molar-refractivity contribution < 1.29 is 4.79 Å². The number of nitrogens with one attached hydrogen (secondary N) is 1. The van der Waals surface area contributed by atoms with Gasteiger partial charge in [-0.1, -0.05) is 48.0 Å². The van der Waals surface area contributed by atoms with Crippen molar-refractivity contribution in [3.05, 3.63) is 82.1 Å². The van der Waals surface area contributed by atoms with E-state index in [1.807, 2.05) is 56.0 Å². The number of hydrogen-bond acceptors (Lipinski definition) is 4. The van der Waals surface area contributed by atoms with Gasteiger partial charge in [-0.3, -0.25) is 4.79 Å². The van der Waals surface area contributed by atoms with Gasteiger partial charge in [0.05, 0.1) is 10.7 Å². The molecule has 2 aromatic carbocycles. The first-order chi connectivity index (χ1) is 13.5. The van der Waals surface area contributed by atoms with E-state index in [0.29, 0.717) is 28.9 Å². The van der Waals surface area contributed by atoms with Crippen LogP contribution in [0.25, 0.3) is 0 Å². The van der Waals surface area contributed by atoms with Gasteiger partial charge < -0.3 is 10.2 Å². The van der Waals surface area contributed by atoms with Crippen molar-refractivity contribution >= 4 is 29.1 Å². The zero-order valence-corrected chi connectivity index (χ0v) is 17.0. The molecule has 1 aromatic heterocycles. The second-order valence-electron chi connectivity index (χ2n) is 6.63. The molecule has 144 valence electrons. The molecule has 1 amide bonds. The molecule has 6 heteroatoms. The summed E-state index contributed by atoms with van der Waals surface area (Å²) in [6, 6.07) is 15.5. The summed E-state index contributed by atoms with van der Waals surface area (Å²) >= 11 is 6.31. The van der Waals surface area contributed by atoms with Gasteiger partial charge in [-0.25, -0.2) is 9.97 Å². The Morgan fingerprint density at radius 3 is 2.57 bits per heavy atom. The maximum absolute atomic E-state index is 12.7. The predicted octanol–water partition coefficient (Wildman–Crippen LogP) is 5.03. The van der Waals surface area contributed by atoms with Gasteiger partial charge >= 0.3 is 0 Å². The molecule has 1 N–H and O–H groups in total. The lowest BCUT2D eigenvalue weighted by Gasteiger charge is -2.21. The number of carbonyl (C=O) groups is 1. The molecule has 1 heterocycles. The van der Waals surface area contributed by atoms with Crippen LogP contribution in [0.3, 0.4) is 0 Å². The van der Waals surface area contributed by atoms with Crippen LogP contribution in [0.5, 0.6) is 0 Å². The standard InChI is InChI=1S/C22H23ClN4O/c1-4-27(14-17-8-6-5-7-9-17)22-24-11-10-19(25-22)21(28)26-20-16(3)12-15(2)13-18(20)23/h5-13H,4,14H2,1-3H3,(H,26,28). The van der Waals surface area contributed by atoms with Crippen LogP contribution in [-0.4, -0.2) is 22.4 Å². The van der Waals surface area contributed by atoms with E-state index in [-0.39, 0.29) is 5.91 Å². The zero-order chi connectivity index (χ0) is 20.1. The Hall–Kier alpha value is -2.92. The van der Waals surface area contributed by atoms with Crippen molar-refractivity contribution in [3.8, 4) is 0 Å². The van der Waals surface area contributed by atoms with Gasteiger partial charge in [0, 0.05) is 19.3 Å². The van der Waals surface area contributed by atoms with Crippen LogP contribution < -0.4 is 10.2 Å². The molecule has 3 rings (SSSR count). The van der Waals surface area contributed by atoms with E-state index >= 15 is 0 Å². The van der Waals surface area contributed by atoms with Gasteiger partial charge in [0.2, 0.25) is 5.95 Å². The number of rotatable bonds is 6. The third kappa shape index (κ3) is 4.67. The van der Waals surface area contributed by atoms with E-state index in [4.69, 9.17) is 11.6 Å². The second kappa shape index (κ2) is 8.85. The molecule has 28 heavy (non-hydrogen) atoms. The Labute approximate surface area is 170 Å². The fourth-order valence-electron chi connectivity index (χ4n) is 3.01. The van der Waals surface area contributed by atoms with Gasteiger partial charge in [-0.2, -0.15) is 0 Å². The fraction of sp³-hybridized carbons (Fsp3) is 0.227. The Morgan fingerprint density at radius 2 is 1.89 bits per heavy atom. The topological polar surface area (TPSA) is 58.1 Å². The molecule has 0 spiro atoms. The lowest BCUT2D eigenvalue weighted by atomic mass is 10.1. The number of benzene rings is 2. The Morgan fingerprint density at radius 1 is 1.14 bits per heavy atom. The Kier molecular flexibility index (Phi) is 6.26. The summed E-state index contributed by atoms with van der Waals surface area (Å²) in [7, 11) is 0. The zero-order valence-electron chi connectivity index (χ0n) is 16.2. The van der Waals surface area contributed by atoms with Crippen molar-refractivity contribution in [2.45, 2.75) is 27.3 Å². The van der Waals surface area contributed by atoms with E-state index in [2.05, 4.69) is 27.4 Å². The number of aromatic nitrogens is 2. The summed E-state index contributed by atoms with van der Waals surface area (Å²) in [5.41, 5.74) is 4.02. The normalized spacial score (nSPS) is 10.6. The first-order valence-electron chi connectivity index (χ1n) is 9.18. The van der Waals surface area contributed by atoms with Crippen molar-refractivity contribution in [2.75, 3.05) is 16.8 Å². The second-order valence-corrected chi connectivity index (χ2v) is 7.04. The number of carbonyl (C=O) groups excluding carboxylic acids is 1. The largest absolute Gasteiger partial charge is 0.337 e. The summed E-state index contributed by atoms with van der Waals surface area (Å²) < 4.78 is 0. The van der Waals surface area contributed by atoms with Crippen LogP contribution in [0.4, 0.5) is 11.6 Å². The van der Waals surface area contributed by atoms with Gasteiger partial charge in [0.25, 0.3) is 5.91 Å². The first-order valence-corrected chi connectivity index (χ1v) is 9.55. The van der Waals surface area contributed by atoms with Crippen LogP contribution in [0, 0.1) is 13.8 Å². The Balaban J connectivity index is 1.81. The number of aryl methyl sites for hydroxylation is 2. The monoisotopic (exact) mass is 394 g/mol. The lowest BCUT2D eigenvalue weighted by molar-refractivity contribution is 0.102. The van der Waals surface area contributed by atoms with Crippen LogP contribution >= 0.6 is 11.6 Å². The summed E-state index contributed by atoms with van der Waals surface area (Å²) in [5.74, 6) is 0.207. The third-order valence-electron chi connectivity index (χ3n) is 4.43. The molecule has 0 unspecified atom stereocenters. The molecule has 0 bridgehead atoms. The van der Waals surface area contributed by atoms with Gasteiger partial charge in [0.15, 0.2) is 0 Å². The molecule has 0 radical (unpaired) electrons. The van der Waals surface area contributed by atoms with Gasteiger partial charge in [-0.05, 0) is 49.6 Å². The quantitative estimate of drug-likeness (QED) is 0.637. The molecule has 5 nitrogen and oxygen atoms in total. The number of anilines is 2. The van der Waals surface area contributed by atoms with E-state index in [1.54, 1.807) is 12.3 Å². The minimum Gasteiger partial charge on any atom is -0.337 e. The molecule has 3 aromatic rings. The molecular formula is C22H23ClN4O. The number of nitrogens with zero attached hydrogens (tertiary/aromatic N) is 3. The molecule has 0 atom stereocenters. The molecule has 0 saturated heterocycles. The summed E-state index contributed by atoms with van der Waals surface area (Å²) in [6.45, 7) is 7.31. The van der Waals surface area contributed by atoms with Crippen LogP contribution in [0.1, 0.15) is 34.1 Å². The number of amides is 1. The van der Waals surface area contributed by atoms with Gasteiger partial charge in [0.1, 0.15) is 5.69 Å². The van der Waals surface area contributed by atoms with E-state index in [1.165, 1.54) is 0 Å². The summed E-state index contributed by atoms with van der Waals surface area (Å²) in [6.07, 6.45) is 1.61.